The molecule has 3 N–H and O–H groups in total. The third kappa shape index (κ3) is 4.54. The molecule has 2 aromatic rings. The Morgan fingerprint density at radius 1 is 1.24 bits per heavy atom. The van der Waals surface area contributed by atoms with Gasteiger partial charge in [0.05, 0.1) is 12.1 Å². The minimum atomic E-state index is -0.785. The number of carbonyl (C=O) groups is 1. The fourth-order valence-electron chi connectivity index (χ4n) is 1.82. The summed E-state index contributed by atoms with van der Waals surface area (Å²) in [5.74, 6) is 0.459. The number of hydrogen-bond acceptors (Lipinski definition) is 3. The first kappa shape index (κ1) is 15.5. The summed E-state index contributed by atoms with van der Waals surface area (Å²) in [4.78, 5) is 15.8. The largest absolute Gasteiger partial charge is 0.386 e. The minimum absolute atomic E-state index is 0.405. The Bertz CT molecular complexity index is 590. The third-order valence-corrected chi connectivity index (χ3v) is 3.48. The predicted molar refractivity (Wildman–Crippen MR) is 85.0 cm³/mol. The number of halogens is 1. The molecule has 6 heteroatoms. The van der Waals surface area contributed by atoms with E-state index in [9.17, 15) is 9.90 Å². The number of nitrogens with zero attached hydrogens (tertiary/aromatic N) is 1. The van der Waals surface area contributed by atoms with Crippen LogP contribution in [0.15, 0.2) is 53.1 Å². The average molecular weight is 350 g/mol. The van der Waals surface area contributed by atoms with Crippen LogP contribution in [0.1, 0.15) is 18.6 Å². The zero-order valence-electron chi connectivity index (χ0n) is 11.5. The number of benzene rings is 1. The molecule has 110 valence electrons. The normalized spacial score (nSPS) is 13.3. The molecule has 0 aliphatic heterocycles. The molecule has 2 rings (SSSR count). The van der Waals surface area contributed by atoms with Crippen molar-refractivity contribution in [2.75, 3.05) is 5.32 Å². The summed E-state index contributed by atoms with van der Waals surface area (Å²) in [5.41, 5.74) is 0.740. The van der Waals surface area contributed by atoms with E-state index in [4.69, 9.17) is 0 Å². The molecule has 0 bridgehead atoms. The molecule has 0 aliphatic rings. The van der Waals surface area contributed by atoms with Crippen molar-refractivity contribution in [2.45, 2.75) is 19.1 Å². The maximum absolute atomic E-state index is 11.8. The second-order valence-electron chi connectivity index (χ2n) is 4.60. The maximum Gasteiger partial charge on any atom is 0.320 e. The molecule has 0 saturated carbocycles. The first-order valence-corrected chi connectivity index (χ1v) is 7.27. The molecule has 21 heavy (non-hydrogen) atoms. The summed E-state index contributed by atoms with van der Waals surface area (Å²) in [5, 5.41) is 15.5. The quantitative estimate of drug-likeness (QED) is 0.793. The maximum atomic E-state index is 11.8. The molecular weight excluding hydrogens is 334 g/mol. The SMILES string of the molecule is C[C@@H](NC(=O)Nc1ccccn1)[C@@H](O)c1ccc(Br)cc1. The number of anilines is 1. The highest BCUT2D eigenvalue weighted by Crippen LogP contribution is 2.19. The van der Waals surface area contributed by atoms with Gasteiger partial charge in [0.25, 0.3) is 0 Å². The smallest absolute Gasteiger partial charge is 0.320 e. The van der Waals surface area contributed by atoms with Gasteiger partial charge in [-0.3, -0.25) is 5.32 Å². The van der Waals surface area contributed by atoms with Crippen LogP contribution >= 0.6 is 15.9 Å². The molecule has 0 aliphatic carbocycles. The number of pyridine rings is 1. The van der Waals surface area contributed by atoms with E-state index in [1.54, 1.807) is 31.3 Å². The van der Waals surface area contributed by atoms with Gasteiger partial charge in [-0.25, -0.2) is 9.78 Å². The molecular formula is C15H16BrN3O2. The Balaban J connectivity index is 1.92. The Hall–Kier alpha value is -1.92. The molecule has 0 radical (unpaired) electrons. The van der Waals surface area contributed by atoms with E-state index in [1.807, 2.05) is 24.3 Å². The van der Waals surface area contributed by atoms with Crippen molar-refractivity contribution in [3.63, 3.8) is 0 Å². The van der Waals surface area contributed by atoms with E-state index in [1.165, 1.54) is 0 Å². The van der Waals surface area contributed by atoms with Crippen molar-refractivity contribution in [2.24, 2.45) is 0 Å². The fourth-order valence-corrected chi connectivity index (χ4v) is 2.09. The Kier molecular flexibility index (Phi) is 5.30. The van der Waals surface area contributed by atoms with Gasteiger partial charge in [0.1, 0.15) is 5.82 Å². The number of aromatic nitrogens is 1. The van der Waals surface area contributed by atoms with Crippen LogP contribution in [0.5, 0.6) is 0 Å². The Labute approximate surface area is 131 Å². The van der Waals surface area contributed by atoms with Crippen molar-refractivity contribution in [1.29, 1.82) is 0 Å². The van der Waals surface area contributed by atoms with Crippen molar-refractivity contribution in [1.82, 2.24) is 10.3 Å². The topological polar surface area (TPSA) is 74.2 Å². The summed E-state index contributed by atoms with van der Waals surface area (Å²) < 4.78 is 0.937. The minimum Gasteiger partial charge on any atom is -0.386 e. The van der Waals surface area contributed by atoms with Crippen LogP contribution in [-0.2, 0) is 0 Å². The van der Waals surface area contributed by atoms with Crippen molar-refractivity contribution in [3.05, 3.63) is 58.7 Å². The number of amides is 2. The van der Waals surface area contributed by atoms with Gasteiger partial charge in [0.15, 0.2) is 0 Å². The first-order valence-electron chi connectivity index (χ1n) is 6.48. The van der Waals surface area contributed by atoms with Gasteiger partial charge in [0, 0.05) is 10.7 Å². The molecule has 2 atom stereocenters. The van der Waals surface area contributed by atoms with Crippen LogP contribution in [0.25, 0.3) is 0 Å². The van der Waals surface area contributed by atoms with Gasteiger partial charge in [-0.1, -0.05) is 34.1 Å². The summed E-state index contributed by atoms with van der Waals surface area (Å²) in [6.45, 7) is 1.74. The average Bonchev–Trinajstić information content (AvgIpc) is 2.48. The second-order valence-corrected chi connectivity index (χ2v) is 5.51. The van der Waals surface area contributed by atoms with E-state index in [0.717, 1.165) is 10.0 Å². The zero-order valence-corrected chi connectivity index (χ0v) is 13.0. The fraction of sp³-hybridized carbons (Fsp3) is 0.200. The zero-order chi connectivity index (χ0) is 15.2. The highest BCUT2D eigenvalue weighted by atomic mass is 79.9. The number of aliphatic hydroxyl groups is 1. The lowest BCUT2D eigenvalue weighted by Gasteiger charge is -2.20. The molecule has 0 unspecified atom stereocenters. The number of aliphatic hydroxyl groups excluding tert-OH is 1. The van der Waals surface area contributed by atoms with E-state index in [0.29, 0.717) is 5.82 Å². The monoisotopic (exact) mass is 349 g/mol. The van der Waals surface area contributed by atoms with Crippen LogP contribution in [0.2, 0.25) is 0 Å². The van der Waals surface area contributed by atoms with Crippen LogP contribution in [0, 0.1) is 0 Å². The van der Waals surface area contributed by atoms with Gasteiger partial charge in [-0.2, -0.15) is 0 Å². The molecule has 0 spiro atoms. The van der Waals surface area contributed by atoms with Gasteiger partial charge < -0.3 is 10.4 Å². The van der Waals surface area contributed by atoms with Gasteiger partial charge >= 0.3 is 6.03 Å². The van der Waals surface area contributed by atoms with Gasteiger partial charge in [0.2, 0.25) is 0 Å². The number of urea groups is 1. The lowest BCUT2D eigenvalue weighted by atomic mass is 10.0. The summed E-state index contributed by atoms with van der Waals surface area (Å²) in [6, 6.07) is 11.7. The molecule has 0 fully saturated rings. The van der Waals surface area contributed by atoms with Gasteiger partial charge in [-0.05, 0) is 36.8 Å². The molecule has 5 nitrogen and oxygen atoms in total. The summed E-state index contributed by atoms with van der Waals surface area (Å²) in [6.07, 6.45) is 0.808. The lowest BCUT2D eigenvalue weighted by molar-refractivity contribution is 0.139. The van der Waals surface area contributed by atoms with Crippen molar-refractivity contribution < 1.29 is 9.90 Å². The van der Waals surface area contributed by atoms with Crippen molar-refractivity contribution >= 4 is 27.8 Å². The van der Waals surface area contributed by atoms with E-state index < -0.39 is 18.2 Å². The molecule has 0 saturated heterocycles. The number of rotatable bonds is 4. The lowest BCUT2D eigenvalue weighted by Crippen LogP contribution is -2.39. The number of nitrogens with one attached hydrogen (secondary N) is 2. The number of carbonyl (C=O) groups excluding carboxylic acids is 1. The molecule has 1 aromatic heterocycles. The predicted octanol–water partition coefficient (Wildman–Crippen LogP) is 3.09. The second kappa shape index (κ2) is 7.19. The Morgan fingerprint density at radius 2 is 1.95 bits per heavy atom. The van der Waals surface area contributed by atoms with E-state index in [2.05, 4.69) is 31.5 Å². The van der Waals surface area contributed by atoms with Crippen LogP contribution in [0.4, 0.5) is 10.6 Å². The van der Waals surface area contributed by atoms with Crippen LogP contribution < -0.4 is 10.6 Å². The van der Waals surface area contributed by atoms with E-state index >= 15 is 0 Å². The highest BCUT2D eigenvalue weighted by Gasteiger charge is 2.18. The van der Waals surface area contributed by atoms with Gasteiger partial charge in [-0.15, -0.1) is 0 Å². The van der Waals surface area contributed by atoms with Crippen LogP contribution in [0.3, 0.4) is 0 Å². The first-order chi connectivity index (χ1) is 10.1. The van der Waals surface area contributed by atoms with Crippen molar-refractivity contribution in [3.8, 4) is 0 Å². The highest BCUT2D eigenvalue weighted by molar-refractivity contribution is 9.10. The third-order valence-electron chi connectivity index (χ3n) is 2.95. The number of hydrogen-bond donors (Lipinski definition) is 3. The Morgan fingerprint density at radius 3 is 2.57 bits per heavy atom. The standard InChI is InChI=1S/C15H16BrN3O2/c1-10(14(20)11-5-7-12(16)8-6-11)18-15(21)19-13-4-2-3-9-17-13/h2-10,14,20H,1H3,(H2,17,18,19,21)/t10-,14-/m1/s1. The van der Waals surface area contributed by atoms with Crippen LogP contribution in [-0.4, -0.2) is 22.2 Å². The van der Waals surface area contributed by atoms with E-state index in [-0.39, 0.29) is 0 Å². The molecule has 1 heterocycles. The summed E-state index contributed by atoms with van der Waals surface area (Å²) >= 11 is 3.34. The molecule has 2 amide bonds. The summed E-state index contributed by atoms with van der Waals surface area (Å²) in [7, 11) is 0. The molecule has 1 aromatic carbocycles.